The van der Waals surface area contributed by atoms with Gasteiger partial charge in [0.25, 0.3) is 0 Å². The maximum absolute atomic E-state index is 5.87. The van der Waals surface area contributed by atoms with Gasteiger partial charge in [0.1, 0.15) is 0 Å². The highest BCUT2D eigenvalue weighted by Crippen LogP contribution is 2.39. The molecule has 1 aliphatic heterocycles. The minimum absolute atomic E-state index is 0.834. The van der Waals surface area contributed by atoms with E-state index in [9.17, 15) is 0 Å². The summed E-state index contributed by atoms with van der Waals surface area (Å²) in [7, 11) is 0. The molecule has 0 bridgehead atoms. The largest absolute Gasteiger partial charge is 0.330 e. The summed E-state index contributed by atoms with van der Waals surface area (Å²) in [5, 5.41) is 0. The Balaban J connectivity index is 1.52. The third kappa shape index (κ3) is 2.02. The van der Waals surface area contributed by atoms with Crippen LogP contribution in [0.1, 0.15) is 38.5 Å². The smallest absolute Gasteiger partial charge is 0.00130 e. The van der Waals surface area contributed by atoms with Gasteiger partial charge < -0.3 is 10.6 Å². The summed E-state index contributed by atoms with van der Waals surface area (Å²) in [4.78, 5) is 2.76. The van der Waals surface area contributed by atoms with Crippen molar-refractivity contribution in [3.05, 3.63) is 0 Å². The van der Waals surface area contributed by atoms with Gasteiger partial charge in [0, 0.05) is 19.6 Å². The summed E-state index contributed by atoms with van der Waals surface area (Å²) < 4.78 is 0. The molecule has 2 saturated carbocycles. The van der Waals surface area contributed by atoms with Crippen molar-refractivity contribution >= 4 is 0 Å². The van der Waals surface area contributed by atoms with Crippen LogP contribution in [0.4, 0.5) is 0 Å². The average Bonchev–Trinajstić information content (AvgIpc) is 2.92. The van der Waals surface area contributed by atoms with Crippen LogP contribution in [-0.4, -0.2) is 31.1 Å². The SMILES string of the molecule is NCC1CCCC1CN1CC2CCCC2C1. The van der Waals surface area contributed by atoms with Crippen LogP contribution in [0.3, 0.4) is 0 Å². The normalized spacial score (nSPS) is 44.1. The van der Waals surface area contributed by atoms with Crippen LogP contribution in [0.5, 0.6) is 0 Å². The predicted molar refractivity (Wildman–Crippen MR) is 67.2 cm³/mol. The molecule has 0 aromatic rings. The van der Waals surface area contributed by atoms with Crippen LogP contribution in [-0.2, 0) is 0 Å². The minimum atomic E-state index is 0.834. The van der Waals surface area contributed by atoms with Crippen molar-refractivity contribution < 1.29 is 0 Å². The van der Waals surface area contributed by atoms with Crippen molar-refractivity contribution in [2.45, 2.75) is 38.5 Å². The van der Waals surface area contributed by atoms with Crippen molar-refractivity contribution in [2.24, 2.45) is 29.4 Å². The maximum Gasteiger partial charge on any atom is 0.00130 e. The van der Waals surface area contributed by atoms with Crippen LogP contribution in [0.2, 0.25) is 0 Å². The molecule has 2 aliphatic carbocycles. The molecular formula is C14H26N2. The van der Waals surface area contributed by atoms with Gasteiger partial charge in [0.2, 0.25) is 0 Å². The molecule has 2 heteroatoms. The summed E-state index contributed by atoms with van der Waals surface area (Å²) in [5.41, 5.74) is 5.87. The summed E-state index contributed by atoms with van der Waals surface area (Å²) in [6, 6.07) is 0. The Hall–Kier alpha value is -0.0800. The predicted octanol–water partition coefficient (Wildman–Crippen LogP) is 2.09. The van der Waals surface area contributed by atoms with Crippen molar-refractivity contribution in [1.82, 2.24) is 4.90 Å². The molecule has 0 radical (unpaired) electrons. The number of hydrogen-bond donors (Lipinski definition) is 1. The molecule has 0 aromatic carbocycles. The standard InChI is InChI=1S/C14H26N2/c15-7-11-3-1-4-12(11)8-16-9-13-5-2-6-14(13)10-16/h11-14H,1-10,15H2. The van der Waals surface area contributed by atoms with E-state index >= 15 is 0 Å². The van der Waals surface area contributed by atoms with Gasteiger partial charge in [0.05, 0.1) is 0 Å². The highest BCUT2D eigenvalue weighted by Gasteiger charge is 2.37. The van der Waals surface area contributed by atoms with Gasteiger partial charge in [0.15, 0.2) is 0 Å². The zero-order valence-electron chi connectivity index (χ0n) is 10.4. The molecule has 3 rings (SSSR count). The van der Waals surface area contributed by atoms with Gasteiger partial charge in [-0.25, -0.2) is 0 Å². The number of nitrogens with two attached hydrogens (primary N) is 1. The Morgan fingerprint density at radius 1 is 0.875 bits per heavy atom. The van der Waals surface area contributed by atoms with Gasteiger partial charge >= 0.3 is 0 Å². The molecular weight excluding hydrogens is 196 g/mol. The van der Waals surface area contributed by atoms with Crippen LogP contribution in [0.15, 0.2) is 0 Å². The fraction of sp³-hybridized carbons (Fsp3) is 1.00. The van der Waals surface area contributed by atoms with Gasteiger partial charge in [-0.15, -0.1) is 0 Å². The van der Waals surface area contributed by atoms with E-state index in [-0.39, 0.29) is 0 Å². The quantitative estimate of drug-likeness (QED) is 0.792. The lowest BCUT2D eigenvalue weighted by Crippen LogP contribution is -2.32. The summed E-state index contributed by atoms with van der Waals surface area (Å²) in [6.07, 6.45) is 8.76. The lowest BCUT2D eigenvalue weighted by atomic mass is 9.96. The lowest BCUT2D eigenvalue weighted by molar-refractivity contribution is 0.230. The Morgan fingerprint density at radius 3 is 2.19 bits per heavy atom. The number of likely N-dealkylation sites (tertiary alicyclic amines) is 1. The van der Waals surface area contributed by atoms with Crippen LogP contribution in [0, 0.1) is 23.7 Å². The van der Waals surface area contributed by atoms with Gasteiger partial charge in [-0.2, -0.15) is 0 Å². The number of nitrogens with zero attached hydrogens (tertiary/aromatic N) is 1. The highest BCUT2D eigenvalue weighted by molar-refractivity contribution is 4.90. The number of rotatable bonds is 3. The van der Waals surface area contributed by atoms with Crippen molar-refractivity contribution in [3.8, 4) is 0 Å². The molecule has 3 aliphatic rings. The lowest BCUT2D eigenvalue weighted by Gasteiger charge is -2.25. The van der Waals surface area contributed by atoms with E-state index in [1.807, 2.05) is 0 Å². The molecule has 2 nitrogen and oxygen atoms in total. The van der Waals surface area contributed by atoms with Gasteiger partial charge in [-0.3, -0.25) is 0 Å². The third-order valence-corrected chi connectivity index (χ3v) is 5.41. The molecule has 3 fully saturated rings. The first-order valence-corrected chi connectivity index (χ1v) is 7.29. The monoisotopic (exact) mass is 222 g/mol. The second kappa shape index (κ2) is 4.66. The molecule has 0 amide bonds. The Bertz CT molecular complexity index is 229. The van der Waals surface area contributed by atoms with Crippen molar-refractivity contribution in [1.29, 1.82) is 0 Å². The van der Waals surface area contributed by atoms with E-state index in [4.69, 9.17) is 5.73 Å². The van der Waals surface area contributed by atoms with Crippen molar-refractivity contribution in [3.63, 3.8) is 0 Å². The molecule has 1 heterocycles. The second-order valence-electron chi connectivity index (χ2n) is 6.36. The Morgan fingerprint density at radius 2 is 1.50 bits per heavy atom. The molecule has 0 aromatic heterocycles. The maximum atomic E-state index is 5.87. The number of hydrogen-bond acceptors (Lipinski definition) is 2. The highest BCUT2D eigenvalue weighted by atomic mass is 15.2. The zero-order valence-corrected chi connectivity index (χ0v) is 10.4. The van der Waals surface area contributed by atoms with E-state index in [2.05, 4.69) is 4.90 Å². The van der Waals surface area contributed by atoms with E-state index < -0.39 is 0 Å². The van der Waals surface area contributed by atoms with Crippen LogP contribution in [0.25, 0.3) is 0 Å². The minimum Gasteiger partial charge on any atom is -0.330 e. The second-order valence-corrected chi connectivity index (χ2v) is 6.36. The van der Waals surface area contributed by atoms with Gasteiger partial charge in [-0.1, -0.05) is 12.8 Å². The van der Waals surface area contributed by atoms with Crippen LogP contribution < -0.4 is 5.73 Å². The number of fused-ring (bicyclic) bond motifs is 1. The first-order valence-electron chi connectivity index (χ1n) is 7.29. The van der Waals surface area contributed by atoms with E-state index in [1.54, 1.807) is 0 Å². The fourth-order valence-corrected chi connectivity index (χ4v) is 4.48. The molecule has 0 spiro atoms. The van der Waals surface area contributed by atoms with Crippen LogP contribution >= 0.6 is 0 Å². The first-order chi connectivity index (χ1) is 7.86. The van der Waals surface area contributed by atoms with E-state index in [1.165, 1.54) is 58.2 Å². The average molecular weight is 222 g/mol. The molecule has 2 N–H and O–H groups in total. The van der Waals surface area contributed by atoms with E-state index in [0.717, 1.165) is 30.2 Å². The summed E-state index contributed by atoms with van der Waals surface area (Å²) in [6.45, 7) is 5.08. The molecule has 1 saturated heterocycles. The van der Waals surface area contributed by atoms with Gasteiger partial charge in [-0.05, 0) is 55.9 Å². The molecule has 92 valence electrons. The summed E-state index contributed by atoms with van der Waals surface area (Å²) >= 11 is 0. The Labute approximate surface area is 99.6 Å². The Kier molecular flexibility index (Phi) is 3.21. The molecule has 4 atom stereocenters. The van der Waals surface area contributed by atoms with Crippen molar-refractivity contribution in [2.75, 3.05) is 26.2 Å². The fourth-order valence-electron chi connectivity index (χ4n) is 4.48. The van der Waals surface area contributed by atoms with E-state index in [0.29, 0.717) is 0 Å². The molecule has 4 unspecified atom stereocenters. The first kappa shape index (κ1) is 11.0. The zero-order chi connectivity index (χ0) is 11.0. The topological polar surface area (TPSA) is 29.3 Å². The third-order valence-electron chi connectivity index (χ3n) is 5.41. The molecule has 16 heavy (non-hydrogen) atoms. The summed E-state index contributed by atoms with van der Waals surface area (Å²) in [5.74, 6) is 3.86.